The summed E-state index contributed by atoms with van der Waals surface area (Å²) in [6.45, 7) is 13.1. The van der Waals surface area contributed by atoms with Crippen molar-refractivity contribution in [1.82, 2.24) is 5.09 Å². The first kappa shape index (κ1) is 26.3. The fourth-order valence-corrected chi connectivity index (χ4v) is 10.6. The Kier molecular flexibility index (Phi) is 6.94. The lowest BCUT2D eigenvalue weighted by Crippen LogP contribution is -2.67. The van der Waals surface area contributed by atoms with Gasteiger partial charge in [-0.25, -0.2) is 9.65 Å². The Bertz CT molecular complexity index is 869. The van der Waals surface area contributed by atoms with Gasteiger partial charge in [-0.15, -0.1) is 0 Å². The number of hydrogen-bond acceptors (Lipinski definition) is 6. The Morgan fingerprint density at radius 3 is 2.38 bits per heavy atom. The van der Waals surface area contributed by atoms with E-state index in [0.717, 1.165) is 44.9 Å². The lowest BCUT2D eigenvalue weighted by molar-refractivity contribution is -0.232. The number of Topliss-reactive ketones (excluding diaryl/α,β-unsaturated/α-hetero) is 1. The number of ketones is 1. The van der Waals surface area contributed by atoms with Crippen LogP contribution in [0.15, 0.2) is 0 Å². The van der Waals surface area contributed by atoms with Crippen molar-refractivity contribution >= 4 is 19.5 Å². The molecule has 0 radical (unpaired) electrons. The number of carbonyl (C=O) groups excluding carboxylic acids is 2. The summed E-state index contributed by atoms with van der Waals surface area (Å²) in [5.41, 5.74) is -0.691. The molecule has 0 aliphatic heterocycles. The zero-order chi connectivity index (χ0) is 25.0. The Hall–Kier alpha value is -0.750. The summed E-state index contributed by atoms with van der Waals surface area (Å²) in [5, 5.41) is 3.20. The van der Waals surface area contributed by atoms with Crippen LogP contribution in [0.1, 0.15) is 92.9 Å². The Morgan fingerprint density at radius 2 is 1.76 bits per heavy atom. The van der Waals surface area contributed by atoms with Crippen LogP contribution in [0.3, 0.4) is 0 Å². The van der Waals surface area contributed by atoms with Crippen molar-refractivity contribution in [3.8, 4) is 0 Å². The molecule has 5 aliphatic carbocycles. The minimum atomic E-state index is -3.32. The smallest absolute Gasteiger partial charge is 0.405 e. The highest BCUT2D eigenvalue weighted by Gasteiger charge is 2.69. The van der Waals surface area contributed by atoms with Gasteiger partial charge in [0.05, 0.1) is 19.1 Å². The third-order valence-corrected chi connectivity index (χ3v) is 11.8. The van der Waals surface area contributed by atoms with Crippen molar-refractivity contribution in [2.75, 3.05) is 19.8 Å². The number of hydrogen-bond donors (Lipinski definition) is 1. The fourth-order valence-electron chi connectivity index (χ4n) is 9.07. The van der Waals surface area contributed by atoms with Crippen LogP contribution < -0.4 is 5.09 Å². The molecule has 7 nitrogen and oxygen atoms in total. The van der Waals surface area contributed by atoms with Gasteiger partial charge in [-0.2, -0.15) is 0 Å². The minimum Gasteiger partial charge on any atom is -0.459 e. The SMILES string of the molecule is CCOP(=O)(NCC1(C)CCCC2(C)[C@@H]1CC[C@@]13CC(=O)C(C[C@@H]21)[C@@](C)(OC(C)=O)C3)OCC. The van der Waals surface area contributed by atoms with Crippen LogP contribution in [-0.2, 0) is 27.9 Å². The molecule has 5 aliphatic rings. The van der Waals surface area contributed by atoms with Crippen molar-refractivity contribution in [2.24, 2.45) is 34.0 Å². The van der Waals surface area contributed by atoms with Crippen molar-refractivity contribution in [2.45, 2.75) is 98.5 Å². The molecule has 5 rings (SSSR count). The van der Waals surface area contributed by atoms with Crippen LogP contribution in [0.5, 0.6) is 0 Å². The quantitative estimate of drug-likeness (QED) is 0.341. The molecule has 0 aromatic carbocycles. The van der Waals surface area contributed by atoms with Crippen molar-refractivity contribution < 1.29 is 27.9 Å². The molecule has 0 aromatic rings. The van der Waals surface area contributed by atoms with Crippen molar-refractivity contribution in [1.29, 1.82) is 0 Å². The van der Waals surface area contributed by atoms with E-state index < -0.39 is 13.3 Å². The predicted octanol–water partition coefficient (Wildman–Crippen LogP) is 5.67. The second-order valence-electron chi connectivity index (χ2n) is 12.2. The molecule has 1 N–H and O–H groups in total. The first-order valence-electron chi connectivity index (χ1n) is 13.2. The van der Waals surface area contributed by atoms with E-state index in [9.17, 15) is 14.2 Å². The summed E-state index contributed by atoms with van der Waals surface area (Å²) < 4.78 is 30.0. The van der Waals surface area contributed by atoms with E-state index in [-0.39, 0.29) is 33.9 Å². The van der Waals surface area contributed by atoms with Gasteiger partial charge >= 0.3 is 13.7 Å². The van der Waals surface area contributed by atoms with Crippen molar-refractivity contribution in [3.05, 3.63) is 0 Å². The zero-order valence-electron chi connectivity index (χ0n) is 21.9. The molecular weight excluding hydrogens is 453 g/mol. The molecule has 2 bridgehead atoms. The highest BCUT2D eigenvalue weighted by Crippen LogP contribution is 2.72. The molecule has 1 spiro atoms. The van der Waals surface area contributed by atoms with E-state index in [1.54, 1.807) is 0 Å². The fraction of sp³-hybridized carbons (Fsp3) is 0.923. The second kappa shape index (κ2) is 8.97. The topological polar surface area (TPSA) is 90.9 Å². The van der Waals surface area contributed by atoms with Crippen LogP contribution >= 0.6 is 7.75 Å². The Balaban J connectivity index is 1.60. The van der Waals surface area contributed by atoms with Crippen molar-refractivity contribution in [3.63, 3.8) is 0 Å². The number of ether oxygens (including phenoxy) is 1. The van der Waals surface area contributed by atoms with E-state index in [1.807, 2.05) is 20.8 Å². The molecule has 34 heavy (non-hydrogen) atoms. The second-order valence-corrected chi connectivity index (χ2v) is 14.0. The van der Waals surface area contributed by atoms with Gasteiger partial charge < -0.3 is 4.74 Å². The highest BCUT2D eigenvalue weighted by atomic mass is 31.2. The summed E-state index contributed by atoms with van der Waals surface area (Å²) in [6.07, 6.45) is 7.60. The third-order valence-electron chi connectivity index (χ3n) is 10.0. The van der Waals surface area contributed by atoms with Gasteiger partial charge in [0.15, 0.2) is 0 Å². The largest absolute Gasteiger partial charge is 0.459 e. The average molecular weight is 498 g/mol. The molecule has 0 amide bonds. The van der Waals surface area contributed by atoms with E-state index >= 15 is 0 Å². The standard InChI is InChI=1S/C26H44NO6P/c1-7-31-34(30,32-8-2)27-17-23(4)11-9-12-24(5)21(23)10-13-26-15-20(29)19(14-22(24)26)25(6,16-26)33-18(3)28/h19,21-22H,7-17H2,1-6H3,(H,27,30)/t19?,21-,22+,23?,24?,25+,26+/m1/s1. The molecule has 0 aromatic heterocycles. The van der Waals surface area contributed by atoms with Gasteiger partial charge in [0.25, 0.3) is 0 Å². The first-order valence-corrected chi connectivity index (χ1v) is 14.8. The normalized spacial score (nSPS) is 43.8. The summed E-state index contributed by atoms with van der Waals surface area (Å²) >= 11 is 0. The van der Waals surface area contributed by atoms with Crippen LogP contribution in [0.2, 0.25) is 0 Å². The van der Waals surface area contributed by atoms with Gasteiger partial charge in [0.2, 0.25) is 0 Å². The number of esters is 1. The Labute approximate surface area is 205 Å². The molecule has 194 valence electrons. The summed E-state index contributed by atoms with van der Waals surface area (Å²) in [5.74, 6) is 0.683. The van der Waals surface area contributed by atoms with Crippen LogP contribution in [-0.4, -0.2) is 37.1 Å². The van der Waals surface area contributed by atoms with Gasteiger partial charge in [-0.1, -0.05) is 20.3 Å². The number of rotatable bonds is 8. The van der Waals surface area contributed by atoms with E-state index in [0.29, 0.717) is 38.0 Å². The van der Waals surface area contributed by atoms with Crippen LogP contribution in [0, 0.1) is 34.0 Å². The maximum absolute atomic E-state index is 13.2. The Morgan fingerprint density at radius 1 is 1.09 bits per heavy atom. The van der Waals surface area contributed by atoms with Gasteiger partial charge in [-0.3, -0.25) is 18.6 Å². The molecule has 7 atom stereocenters. The monoisotopic (exact) mass is 497 g/mol. The molecule has 5 fully saturated rings. The highest BCUT2D eigenvalue weighted by molar-refractivity contribution is 7.51. The van der Waals surface area contributed by atoms with E-state index in [4.69, 9.17) is 13.8 Å². The lowest BCUT2D eigenvalue weighted by Gasteiger charge is -2.69. The summed E-state index contributed by atoms with van der Waals surface area (Å²) in [6, 6.07) is 0. The summed E-state index contributed by atoms with van der Waals surface area (Å²) in [4.78, 5) is 25.1. The first-order chi connectivity index (χ1) is 15.9. The molecule has 0 saturated heterocycles. The molecule has 8 heteroatoms. The molecular formula is C26H44NO6P. The predicted molar refractivity (Wildman–Crippen MR) is 130 cm³/mol. The minimum absolute atomic E-state index is 0.0294. The summed E-state index contributed by atoms with van der Waals surface area (Å²) in [7, 11) is -3.32. The van der Waals surface area contributed by atoms with Gasteiger partial charge in [-0.05, 0) is 87.4 Å². The lowest BCUT2D eigenvalue weighted by atomic mass is 9.35. The van der Waals surface area contributed by atoms with Crippen LogP contribution in [0.4, 0.5) is 0 Å². The van der Waals surface area contributed by atoms with Crippen LogP contribution in [0.25, 0.3) is 0 Å². The number of carbonyl (C=O) groups is 2. The maximum atomic E-state index is 13.2. The number of nitrogens with one attached hydrogen (secondary N) is 1. The molecule has 5 saturated carbocycles. The average Bonchev–Trinajstić information content (AvgIpc) is 2.71. The molecule has 0 heterocycles. The van der Waals surface area contributed by atoms with Gasteiger partial charge in [0.1, 0.15) is 11.4 Å². The van der Waals surface area contributed by atoms with E-state index in [1.165, 1.54) is 6.92 Å². The zero-order valence-corrected chi connectivity index (χ0v) is 22.8. The molecule has 3 unspecified atom stereocenters. The number of fused-ring (bicyclic) bond motifs is 3. The van der Waals surface area contributed by atoms with E-state index in [2.05, 4.69) is 18.9 Å². The van der Waals surface area contributed by atoms with Gasteiger partial charge in [0, 0.05) is 19.9 Å². The maximum Gasteiger partial charge on any atom is 0.405 e. The third kappa shape index (κ3) is 4.23.